The molecule has 7 heteroatoms. The van der Waals surface area contributed by atoms with Gasteiger partial charge in [0.25, 0.3) is 5.69 Å². The molecule has 2 aromatic heterocycles. The molecule has 0 saturated heterocycles. The summed E-state index contributed by atoms with van der Waals surface area (Å²) in [6, 6.07) is 18.4. The summed E-state index contributed by atoms with van der Waals surface area (Å²) in [7, 11) is 0. The minimum Gasteiger partial charge on any atom is -0.618 e. The van der Waals surface area contributed by atoms with E-state index in [-0.39, 0.29) is 28.5 Å². The Morgan fingerprint density at radius 1 is 0.720 bits per heavy atom. The Hall–Kier alpha value is -3.74. The molecule has 25 heavy (non-hydrogen) atoms. The predicted octanol–water partition coefficient (Wildman–Crippen LogP) is 2.16. The number of nitrogens with zero attached hydrogens (tertiary/aromatic N) is 4. The van der Waals surface area contributed by atoms with Crippen LogP contribution in [0.3, 0.4) is 0 Å². The van der Waals surface area contributed by atoms with Crippen LogP contribution in [0, 0.1) is 5.21 Å². The second kappa shape index (κ2) is 5.72. The fourth-order valence-corrected chi connectivity index (χ4v) is 2.69. The molecule has 0 aliphatic carbocycles. The van der Waals surface area contributed by atoms with Crippen LogP contribution >= 0.6 is 0 Å². The lowest BCUT2D eigenvalue weighted by Gasteiger charge is -2.11. The van der Waals surface area contributed by atoms with Crippen LogP contribution in [0.1, 0.15) is 0 Å². The van der Waals surface area contributed by atoms with Crippen LogP contribution in [0.15, 0.2) is 60.7 Å². The molecule has 2 heterocycles. The smallest absolute Gasteiger partial charge is 0.304 e. The van der Waals surface area contributed by atoms with Crippen molar-refractivity contribution in [2.45, 2.75) is 0 Å². The fourth-order valence-electron chi connectivity index (χ4n) is 2.69. The number of aromatic nitrogens is 4. The van der Waals surface area contributed by atoms with Crippen molar-refractivity contribution in [1.82, 2.24) is 15.0 Å². The molecule has 0 aliphatic heterocycles. The summed E-state index contributed by atoms with van der Waals surface area (Å²) in [6.45, 7) is 0. The van der Waals surface area contributed by atoms with Gasteiger partial charge >= 0.3 is 5.52 Å². The van der Waals surface area contributed by atoms with Gasteiger partial charge in [0.15, 0.2) is 5.82 Å². The molecule has 4 rings (SSSR count). The Morgan fingerprint density at radius 2 is 1.32 bits per heavy atom. The summed E-state index contributed by atoms with van der Waals surface area (Å²) >= 11 is 0. The SMILES string of the molecule is Nc1nc2nc(-c3ccccc3)nc(N)c2[n+]([O-])c1-c1ccccc1. The lowest BCUT2D eigenvalue weighted by atomic mass is 10.1. The van der Waals surface area contributed by atoms with Crippen molar-refractivity contribution < 1.29 is 4.73 Å². The largest absolute Gasteiger partial charge is 0.618 e. The molecule has 4 aromatic rings. The number of anilines is 2. The molecular weight excluding hydrogens is 316 g/mol. The van der Waals surface area contributed by atoms with E-state index in [0.29, 0.717) is 16.1 Å². The number of hydrogen-bond donors (Lipinski definition) is 2. The van der Waals surface area contributed by atoms with E-state index in [9.17, 15) is 5.21 Å². The van der Waals surface area contributed by atoms with Crippen LogP contribution in [-0.2, 0) is 0 Å². The first kappa shape index (κ1) is 14.8. The van der Waals surface area contributed by atoms with Gasteiger partial charge in [-0.3, -0.25) is 0 Å². The molecule has 0 bridgehead atoms. The van der Waals surface area contributed by atoms with Gasteiger partial charge in [-0.25, -0.2) is 9.97 Å². The standard InChI is InChI=1S/C18H14N6O/c19-15-13(11-7-3-1-4-8-11)24(25)14-16(20)21-17(23-18(14)22-15)12-9-5-2-6-10-12/h1-10H,(H4,19,20,21,22,23). The summed E-state index contributed by atoms with van der Waals surface area (Å²) in [6.07, 6.45) is 0. The van der Waals surface area contributed by atoms with Gasteiger partial charge in [-0.1, -0.05) is 48.5 Å². The van der Waals surface area contributed by atoms with E-state index >= 15 is 0 Å². The lowest BCUT2D eigenvalue weighted by Crippen LogP contribution is -2.33. The lowest BCUT2D eigenvalue weighted by molar-refractivity contribution is -0.564. The highest BCUT2D eigenvalue weighted by molar-refractivity contribution is 5.83. The van der Waals surface area contributed by atoms with Crippen LogP contribution in [0.25, 0.3) is 33.8 Å². The summed E-state index contributed by atoms with van der Waals surface area (Å²) in [5.74, 6) is 0.541. The average Bonchev–Trinajstić information content (AvgIpc) is 2.62. The van der Waals surface area contributed by atoms with E-state index in [1.807, 2.05) is 48.5 Å². The molecule has 2 aromatic carbocycles. The zero-order valence-electron chi connectivity index (χ0n) is 13.1. The van der Waals surface area contributed by atoms with Gasteiger partial charge in [-0.05, 0) is 12.1 Å². The molecule has 0 amide bonds. The Morgan fingerprint density at radius 3 is 1.96 bits per heavy atom. The molecule has 4 N–H and O–H groups in total. The van der Waals surface area contributed by atoms with Gasteiger partial charge in [-0.15, -0.1) is 0 Å². The Bertz CT molecular complexity index is 1070. The maximum Gasteiger partial charge on any atom is 0.304 e. The molecule has 0 radical (unpaired) electrons. The van der Waals surface area contributed by atoms with Gasteiger partial charge in [0.1, 0.15) is 0 Å². The fraction of sp³-hybridized carbons (Fsp3) is 0. The zero-order valence-corrected chi connectivity index (χ0v) is 13.1. The minimum atomic E-state index is 0.0588. The molecule has 0 atom stereocenters. The number of benzene rings is 2. The number of hydrogen-bond acceptors (Lipinski definition) is 6. The molecule has 0 fully saturated rings. The third kappa shape index (κ3) is 2.47. The maximum absolute atomic E-state index is 12.9. The molecule has 0 spiro atoms. The van der Waals surface area contributed by atoms with Crippen LogP contribution in [0.5, 0.6) is 0 Å². The van der Waals surface area contributed by atoms with Gasteiger partial charge < -0.3 is 16.7 Å². The summed E-state index contributed by atoms with van der Waals surface area (Å²) in [4.78, 5) is 12.9. The van der Waals surface area contributed by atoms with Crippen molar-refractivity contribution >= 4 is 22.8 Å². The minimum absolute atomic E-state index is 0.0588. The summed E-state index contributed by atoms with van der Waals surface area (Å²) < 4.78 is 0.650. The average molecular weight is 330 g/mol. The van der Waals surface area contributed by atoms with Gasteiger partial charge in [0.05, 0.1) is 5.56 Å². The van der Waals surface area contributed by atoms with Crippen LogP contribution in [0.2, 0.25) is 0 Å². The third-order valence-corrected chi connectivity index (χ3v) is 3.85. The predicted molar refractivity (Wildman–Crippen MR) is 96.0 cm³/mol. The monoisotopic (exact) mass is 330 g/mol. The highest BCUT2D eigenvalue weighted by Gasteiger charge is 2.23. The Labute approximate surface area is 143 Å². The Kier molecular flexibility index (Phi) is 3.39. The van der Waals surface area contributed by atoms with Crippen molar-refractivity contribution in [2.75, 3.05) is 11.5 Å². The number of fused-ring (bicyclic) bond motifs is 1. The van der Waals surface area contributed by atoms with Crippen molar-refractivity contribution in [3.63, 3.8) is 0 Å². The van der Waals surface area contributed by atoms with Crippen molar-refractivity contribution in [3.8, 4) is 22.6 Å². The first-order chi connectivity index (χ1) is 12.1. The van der Waals surface area contributed by atoms with Crippen LogP contribution in [-0.4, -0.2) is 15.0 Å². The van der Waals surface area contributed by atoms with Crippen molar-refractivity contribution in [2.24, 2.45) is 0 Å². The number of nitrogen functional groups attached to an aromatic ring is 2. The highest BCUT2D eigenvalue weighted by atomic mass is 16.5. The van der Waals surface area contributed by atoms with Crippen LogP contribution in [0.4, 0.5) is 11.6 Å². The number of rotatable bonds is 2. The van der Waals surface area contributed by atoms with Gasteiger partial charge in [-0.2, -0.15) is 9.71 Å². The molecule has 7 nitrogen and oxygen atoms in total. The van der Waals surface area contributed by atoms with E-state index in [1.165, 1.54) is 0 Å². The maximum atomic E-state index is 12.9. The van der Waals surface area contributed by atoms with Gasteiger partial charge in [0.2, 0.25) is 17.3 Å². The summed E-state index contributed by atoms with van der Waals surface area (Å²) in [5.41, 5.74) is 14.0. The van der Waals surface area contributed by atoms with Crippen molar-refractivity contribution in [3.05, 3.63) is 65.9 Å². The molecular formula is C18H14N6O. The third-order valence-electron chi connectivity index (χ3n) is 3.85. The van der Waals surface area contributed by atoms with E-state index in [2.05, 4.69) is 15.0 Å². The molecule has 0 aliphatic rings. The normalized spacial score (nSPS) is 10.9. The van der Waals surface area contributed by atoms with E-state index in [1.54, 1.807) is 12.1 Å². The highest BCUT2D eigenvalue weighted by Crippen LogP contribution is 2.26. The second-order valence-corrected chi connectivity index (χ2v) is 5.48. The molecule has 0 saturated carbocycles. The first-order valence-corrected chi connectivity index (χ1v) is 7.62. The molecule has 0 unspecified atom stereocenters. The van der Waals surface area contributed by atoms with E-state index < -0.39 is 0 Å². The van der Waals surface area contributed by atoms with Crippen molar-refractivity contribution in [1.29, 1.82) is 0 Å². The topological polar surface area (TPSA) is 118 Å². The second-order valence-electron chi connectivity index (χ2n) is 5.48. The molecule has 122 valence electrons. The summed E-state index contributed by atoms with van der Waals surface area (Å²) in [5, 5.41) is 12.9. The zero-order chi connectivity index (χ0) is 17.4. The number of nitrogens with two attached hydrogens (primary N) is 2. The Balaban J connectivity index is 1.99. The van der Waals surface area contributed by atoms with Crippen LogP contribution < -0.4 is 16.2 Å². The quantitative estimate of drug-likeness (QED) is 0.429. The van der Waals surface area contributed by atoms with E-state index in [0.717, 1.165) is 5.56 Å². The first-order valence-electron chi connectivity index (χ1n) is 7.62. The van der Waals surface area contributed by atoms with E-state index in [4.69, 9.17) is 11.5 Å². The van der Waals surface area contributed by atoms with Gasteiger partial charge in [0, 0.05) is 5.56 Å².